The van der Waals surface area contributed by atoms with Gasteiger partial charge >= 0.3 is 5.97 Å². The molecule has 0 heterocycles. The highest BCUT2D eigenvalue weighted by Crippen LogP contribution is 2.23. The van der Waals surface area contributed by atoms with E-state index in [0.29, 0.717) is 24.2 Å². The summed E-state index contributed by atoms with van der Waals surface area (Å²) in [6.07, 6.45) is 5.14. The van der Waals surface area contributed by atoms with E-state index in [9.17, 15) is 19.5 Å². The summed E-state index contributed by atoms with van der Waals surface area (Å²) in [6, 6.07) is 6.28. The number of aliphatic carboxylic acids is 1. The molecule has 0 aromatic heterocycles. The molecule has 136 valence electrons. The molecule has 1 amide bonds. The summed E-state index contributed by atoms with van der Waals surface area (Å²) < 4.78 is 5.44. The number of carbonyl (C=O) groups is 3. The monoisotopic (exact) mass is 347 g/mol. The molecular formula is C19H25NO5. The summed E-state index contributed by atoms with van der Waals surface area (Å²) in [6.45, 7) is 1.26. The second-order valence-corrected chi connectivity index (χ2v) is 6.48. The van der Waals surface area contributed by atoms with Gasteiger partial charge in [-0.15, -0.1) is 0 Å². The van der Waals surface area contributed by atoms with Crippen LogP contribution in [0.25, 0.3) is 0 Å². The van der Waals surface area contributed by atoms with Crippen LogP contribution in [-0.4, -0.2) is 35.4 Å². The summed E-state index contributed by atoms with van der Waals surface area (Å²) >= 11 is 0. The highest BCUT2D eigenvalue weighted by Gasteiger charge is 2.29. The van der Waals surface area contributed by atoms with Crippen molar-refractivity contribution in [2.24, 2.45) is 5.92 Å². The van der Waals surface area contributed by atoms with Gasteiger partial charge < -0.3 is 15.2 Å². The third-order valence-electron chi connectivity index (χ3n) is 4.54. The van der Waals surface area contributed by atoms with Gasteiger partial charge in [0, 0.05) is 11.6 Å². The molecule has 2 N–H and O–H groups in total. The minimum Gasteiger partial charge on any atom is -0.484 e. The largest absolute Gasteiger partial charge is 0.484 e. The Balaban J connectivity index is 1.92. The van der Waals surface area contributed by atoms with Crippen LogP contribution in [0.4, 0.5) is 0 Å². The van der Waals surface area contributed by atoms with Gasteiger partial charge in [0.1, 0.15) is 5.75 Å². The van der Waals surface area contributed by atoms with Crippen LogP contribution in [0.15, 0.2) is 24.3 Å². The number of benzene rings is 1. The van der Waals surface area contributed by atoms with Crippen molar-refractivity contribution < 1.29 is 24.2 Å². The van der Waals surface area contributed by atoms with Crippen LogP contribution in [-0.2, 0) is 9.59 Å². The van der Waals surface area contributed by atoms with Crippen LogP contribution >= 0.6 is 0 Å². The average Bonchev–Trinajstić information content (AvgIpc) is 2.55. The van der Waals surface area contributed by atoms with E-state index in [-0.39, 0.29) is 24.3 Å². The van der Waals surface area contributed by atoms with Crippen molar-refractivity contribution >= 4 is 17.7 Å². The number of nitrogens with one attached hydrogen (secondary N) is 1. The van der Waals surface area contributed by atoms with Gasteiger partial charge in [0.15, 0.2) is 12.4 Å². The lowest BCUT2D eigenvalue weighted by Gasteiger charge is -2.27. The van der Waals surface area contributed by atoms with Crippen molar-refractivity contribution in [1.29, 1.82) is 0 Å². The highest BCUT2D eigenvalue weighted by molar-refractivity contribution is 5.94. The Kier molecular flexibility index (Phi) is 6.98. The Morgan fingerprint density at radius 2 is 1.88 bits per heavy atom. The van der Waals surface area contributed by atoms with Crippen molar-refractivity contribution in [3.05, 3.63) is 29.8 Å². The predicted molar refractivity (Wildman–Crippen MR) is 92.7 cm³/mol. The molecule has 2 atom stereocenters. The number of rotatable bonds is 6. The van der Waals surface area contributed by atoms with Crippen LogP contribution in [0, 0.1) is 5.92 Å². The molecule has 0 radical (unpaired) electrons. The number of carboxylic acids is 1. The lowest BCUT2D eigenvalue weighted by Crippen LogP contribution is -2.45. The third kappa shape index (κ3) is 5.89. The Bertz CT molecular complexity index is 628. The number of carboxylic acid groups (broad SMARTS) is 1. The minimum atomic E-state index is -0.859. The number of hydrogen-bond donors (Lipinski definition) is 2. The van der Waals surface area contributed by atoms with E-state index in [2.05, 4.69) is 5.32 Å². The predicted octanol–water partition coefficient (Wildman–Crippen LogP) is 2.81. The molecule has 0 saturated heterocycles. The van der Waals surface area contributed by atoms with Gasteiger partial charge in [0.2, 0.25) is 0 Å². The smallest absolute Gasteiger partial charge is 0.308 e. The first-order valence-electron chi connectivity index (χ1n) is 8.73. The fourth-order valence-electron chi connectivity index (χ4n) is 3.15. The fraction of sp³-hybridized carbons (Fsp3) is 0.526. The lowest BCUT2D eigenvalue weighted by atomic mass is 9.87. The van der Waals surface area contributed by atoms with Crippen LogP contribution < -0.4 is 10.1 Å². The Morgan fingerprint density at radius 1 is 1.16 bits per heavy atom. The van der Waals surface area contributed by atoms with Gasteiger partial charge in [-0.2, -0.15) is 0 Å². The van der Waals surface area contributed by atoms with Crippen molar-refractivity contribution in [3.63, 3.8) is 0 Å². The molecule has 25 heavy (non-hydrogen) atoms. The maximum absolute atomic E-state index is 12.2. The summed E-state index contributed by atoms with van der Waals surface area (Å²) in [5, 5.41) is 12.2. The van der Waals surface area contributed by atoms with Gasteiger partial charge in [-0.05, 0) is 31.9 Å². The number of Topliss-reactive ketones (excluding diaryl/α,β-unsaturated/α-hetero) is 1. The molecule has 0 spiro atoms. The number of ketones is 1. The van der Waals surface area contributed by atoms with Gasteiger partial charge in [0.25, 0.3) is 5.91 Å². The van der Waals surface area contributed by atoms with Gasteiger partial charge in [-0.25, -0.2) is 0 Å². The molecule has 0 bridgehead atoms. The molecule has 1 aromatic rings. The van der Waals surface area contributed by atoms with E-state index in [1.807, 2.05) is 0 Å². The second kappa shape index (κ2) is 9.20. The molecule has 1 saturated carbocycles. The zero-order valence-corrected chi connectivity index (χ0v) is 14.5. The molecular weight excluding hydrogens is 322 g/mol. The summed E-state index contributed by atoms with van der Waals surface area (Å²) in [5.41, 5.74) is 0.517. The van der Waals surface area contributed by atoms with E-state index in [1.54, 1.807) is 24.3 Å². The normalized spacial score (nSPS) is 20.8. The molecule has 1 aliphatic carbocycles. The topological polar surface area (TPSA) is 92.7 Å². The first kappa shape index (κ1) is 19.0. The van der Waals surface area contributed by atoms with Crippen LogP contribution in [0.5, 0.6) is 5.75 Å². The zero-order valence-electron chi connectivity index (χ0n) is 14.5. The summed E-state index contributed by atoms with van der Waals surface area (Å²) in [4.78, 5) is 35.0. The second-order valence-electron chi connectivity index (χ2n) is 6.48. The Labute approximate surface area is 147 Å². The lowest BCUT2D eigenvalue weighted by molar-refractivity contribution is -0.143. The summed E-state index contributed by atoms with van der Waals surface area (Å²) in [5.74, 6) is -1.39. The number of hydrogen-bond acceptors (Lipinski definition) is 4. The maximum atomic E-state index is 12.2. The van der Waals surface area contributed by atoms with Gasteiger partial charge in [-0.3, -0.25) is 14.4 Å². The Morgan fingerprint density at radius 3 is 2.56 bits per heavy atom. The molecule has 0 aliphatic heterocycles. The van der Waals surface area contributed by atoms with Crippen LogP contribution in [0.1, 0.15) is 55.8 Å². The minimum absolute atomic E-state index is 0.0753. The third-order valence-corrected chi connectivity index (χ3v) is 4.54. The van der Waals surface area contributed by atoms with Gasteiger partial charge in [-0.1, -0.05) is 37.8 Å². The molecule has 1 fully saturated rings. The highest BCUT2D eigenvalue weighted by atomic mass is 16.5. The van der Waals surface area contributed by atoms with E-state index < -0.39 is 11.9 Å². The molecule has 1 aromatic carbocycles. The zero-order chi connectivity index (χ0) is 18.2. The van der Waals surface area contributed by atoms with Crippen molar-refractivity contribution in [2.45, 2.75) is 51.5 Å². The van der Waals surface area contributed by atoms with Gasteiger partial charge in [0.05, 0.1) is 5.92 Å². The maximum Gasteiger partial charge on any atom is 0.308 e. The number of ether oxygens (including phenoxy) is 1. The molecule has 1 aliphatic rings. The number of carbonyl (C=O) groups excluding carboxylic acids is 2. The van der Waals surface area contributed by atoms with E-state index in [0.717, 1.165) is 25.7 Å². The van der Waals surface area contributed by atoms with Crippen molar-refractivity contribution in [1.82, 2.24) is 5.32 Å². The molecule has 6 nitrogen and oxygen atoms in total. The molecule has 2 rings (SSSR count). The summed E-state index contributed by atoms with van der Waals surface area (Å²) in [7, 11) is 0. The molecule has 6 heteroatoms. The first-order valence-corrected chi connectivity index (χ1v) is 8.73. The quantitative estimate of drug-likeness (QED) is 0.772. The van der Waals surface area contributed by atoms with E-state index >= 15 is 0 Å². The van der Waals surface area contributed by atoms with Crippen molar-refractivity contribution in [2.75, 3.05) is 6.61 Å². The average molecular weight is 347 g/mol. The SMILES string of the molecule is CC(=O)c1cccc(OCC(=O)NC2CCCCCCC2C(=O)O)c1. The molecule has 2 unspecified atom stereocenters. The van der Waals surface area contributed by atoms with Crippen LogP contribution in [0.2, 0.25) is 0 Å². The van der Waals surface area contributed by atoms with Crippen molar-refractivity contribution in [3.8, 4) is 5.75 Å². The van der Waals surface area contributed by atoms with E-state index in [4.69, 9.17) is 4.74 Å². The number of amides is 1. The Hall–Kier alpha value is -2.37. The standard InChI is InChI=1S/C19H25NO5/c1-13(21)14-7-6-8-15(11-14)25-12-18(22)20-17-10-5-3-2-4-9-16(17)19(23)24/h6-8,11,16-17H,2-5,9-10,12H2,1H3,(H,20,22)(H,23,24). The van der Waals surface area contributed by atoms with Crippen LogP contribution in [0.3, 0.4) is 0 Å². The fourth-order valence-corrected chi connectivity index (χ4v) is 3.15. The van der Waals surface area contributed by atoms with E-state index in [1.165, 1.54) is 6.92 Å². The first-order chi connectivity index (χ1) is 12.0.